The zero-order valence-corrected chi connectivity index (χ0v) is 21.2. The van der Waals surface area contributed by atoms with E-state index in [-0.39, 0.29) is 35.5 Å². The molecule has 1 aliphatic heterocycles. The SMILES string of the molecule is CC(CN1C(c2c(Cl)ccc(OCCNCCCF)c2F)c2[nH]c3ccccc3c2C[C@H]1C)C(=O)O. The van der Waals surface area contributed by atoms with E-state index >= 15 is 4.39 Å². The van der Waals surface area contributed by atoms with E-state index in [0.29, 0.717) is 25.9 Å². The second kappa shape index (κ2) is 11.6. The highest BCUT2D eigenvalue weighted by Crippen LogP contribution is 2.45. The maximum Gasteiger partial charge on any atom is 0.307 e. The normalized spacial score (nSPS) is 18.8. The Morgan fingerprint density at radius 3 is 2.83 bits per heavy atom. The molecule has 0 saturated heterocycles. The number of aromatic amines is 1. The number of hydrogen-bond donors (Lipinski definition) is 3. The van der Waals surface area contributed by atoms with Crippen molar-refractivity contribution < 1.29 is 23.4 Å². The molecule has 1 aromatic heterocycles. The fourth-order valence-corrected chi connectivity index (χ4v) is 5.21. The van der Waals surface area contributed by atoms with Crippen LogP contribution in [0.2, 0.25) is 5.02 Å². The Hall–Kier alpha value is -2.68. The number of para-hydroxylation sites is 1. The predicted molar refractivity (Wildman–Crippen MR) is 137 cm³/mol. The number of carboxylic acid groups (broad SMARTS) is 1. The number of nitrogens with zero attached hydrogens (tertiary/aromatic N) is 1. The van der Waals surface area contributed by atoms with Gasteiger partial charge in [-0.25, -0.2) is 4.39 Å². The Balaban J connectivity index is 1.75. The third-order valence-corrected chi connectivity index (χ3v) is 7.14. The second-order valence-corrected chi connectivity index (χ2v) is 9.78. The molecule has 0 amide bonds. The number of nitrogens with one attached hydrogen (secondary N) is 2. The van der Waals surface area contributed by atoms with Gasteiger partial charge in [0, 0.05) is 46.3 Å². The van der Waals surface area contributed by atoms with Gasteiger partial charge >= 0.3 is 5.97 Å². The number of rotatable bonds is 11. The minimum Gasteiger partial charge on any atom is -0.489 e. The van der Waals surface area contributed by atoms with Crippen LogP contribution in [0.5, 0.6) is 5.75 Å². The first-order valence-corrected chi connectivity index (χ1v) is 12.7. The molecular weight excluding hydrogens is 488 g/mol. The van der Waals surface area contributed by atoms with Crippen LogP contribution in [0.25, 0.3) is 10.9 Å². The summed E-state index contributed by atoms with van der Waals surface area (Å²) < 4.78 is 34.0. The number of carboxylic acids is 1. The highest BCUT2D eigenvalue weighted by Gasteiger charge is 2.40. The van der Waals surface area contributed by atoms with Crippen molar-refractivity contribution in [2.45, 2.75) is 38.8 Å². The molecule has 3 aromatic rings. The fourth-order valence-electron chi connectivity index (χ4n) is 4.96. The standard InChI is InChI=1S/C27H32ClF2N3O3/c1-16(27(34)35)15-33-17(2)14-19-18-6-3-4-7-21(18)32-25(19)26(33)23-20(28)8-9-22(24(23)30)36-13-12-31-11-5-10-29/h3-4,6-9,16-17,26,31-32H,5,10-15H2,1-2H3,(H,34,35)/t16?,17-,26?/m1/s1. The molecule has 0 fully saturated rings. The minimum absolute atomic E-state index is 0.0525. The van der Waals surface area contributed by atoms with Gasteiger partial charge in [0.1, 0.15) is 6.61 Å². The Bertz CT molecular complexity index is 1220. The van der Waals surface area contributed by atoms with E-state index in [1.54, 1.807) is 13.0 Å². The maximum absolute atomic E-state index is 16.1. The number of H-pyrrole nitrogens is 1. The maximum atomic E-state index is 16.1. The summed E-state index contributed by atoms with van der Waals surface area (Å²) in [5, 5.41) is 14.0. The first-order chi connectivity index (χ1) is 17.3. The van der Waals surface area contributed by atoms with Crippen LogP contribution in [-0.4, -0.2) is 59.9 Å². The Labute approximate surface area is 214 Å². The monoisotopic (exact) mass is 519 g/mol. The van der Waals surface area contributed by atoms with Gasteiger partial charge < -0.3 is 20.1 Å². The smallest absolute Gasteiger partial charge is 0.307 e. The first-order valence-electron chi connectivity index (χ1n) is 12.3. The summed E-state index contributed by atoms with van der Waals surface area (Å²) in [4.78, 5) is 17.2. The van der Waals surface area contributed by atoms with E-state index < -0.39 is 30.4 Å². The van der Waals surface area contributed by atoms with E-state index in [2.05, 4.69) is 10.3 Å². The predicted octanol–water partition coefficient (Wildman–Crippen LogP) is 5.35. The molecule has 36 heavy (non-hydrogen) atoms. The number of alkyl halides is 1. The van der Waals surface area contributed by atoms with Crippen LogP contribution in [0.1, 0.15) is 43.1 Å². The molecular formula is C27H32ClF2N3O3. The van der Waals surface area contributed by atoms with Gasteiger partial charge in [-0.2, -0.15) is 0 Å². The Morgan fingerprint density at radius 2 is 2.08 bits per heavy atom. The molecule has 3 N–H and O–H groups in total. The van der Waals surface area contributed by atoms with Crippen LogP contribution in [-0.2, 0) is 11.2 Å². The number of benzene rings is 2. The number of fused-ring (bicyclic) bond motifs is 3. The van der Waals surface area contributed by atoms with Crippen molar-refractivity contribution in [3.05, 3.63) is 64.1 Å². The van der Waals surface area contributed by atoms with Crippen molar-refractivity contribution in [3.63, 3.8) is 0 Å². The lowest BCUT2D eigenvalue weighted by molar-refractivity contribution is -0.142. The zero-order chi connectivity index (χ0) is 25.8. The van der Waals surface area contributed by atoms with E-state index in [1.807, 2.05) is 36.1 Å². The molecule has 3 atom stereocenters. The summed E-state index contributed by atoms with van der Waals surface area (Å²) in [6.07, 6.45) is 1.11. The molecule has 2 unspecified atom stereocenters. The van der Waals surface area contributed by atoms with Crippen molar-refractivity contribution in [2.24, 2.45) is 5.92 Å². The van der Waals surface area contributed by atoms with Crippen LogP contribution in [0.4, 0.5) is 8.78 Å². The molecule has 194 valence electrons. The van der Waals surface area contributed by atoms with Gasteiger partial charge in [0.25, 0.3) is 0 Å². The molecule has 6 nitrogen and oxygen atoms in total. The van der Waals surface area contributed by atoms with Crippen molar-refractivity contribution in [1.29, 1.82) is 0 Å². The highest BCUT2D eigenvalue weighted by molar-refractivity contribution is 6.31. The molecule has 2 aromatic carbocycles. The summed E-state index contributed by atoms with van der Waals surface area (Å²) in [6, 6.07) is 10.4. The minimum atomic E-state index is -0.910. The van der Waals surface area contributed by atoms with E-state index in [9.17, 15) is 14.3 Å². The number of carbonyl (C=O) groups is 1. The first kappa shape index (κ1) is 26.4. The molecule has 0 aliphatic carbocycles. The Morgan fingerprint density at radius 1 is 1.31 bits per heavy atom. The molecule has 0 bridgehead atoms. The van der Waals surface area contributed by atoms with Gasteiger partial charge in [-0.05, 0) is 50.1 Å². The lowest BCUT2D eigenvalue weighted by Crippen LogP contribution is -2.46. The van der Waals surface area contributed by atoms with Crippen molar-refractivity contribution >= 4 is 28.5 Å². The second-order valence-electron chi connectivity index (χ2n) is 9.37. The topological polar surface area (TPSA) is 77.6 Å². The van der Waals surface area contributed by atoms with E-state index in [0.717, 1.165) is 22.2 Å². The quantitative estimate of drug-likeness (QED) is 0.298. The van der Waals surface area contributed by atoms with Gasteiger partial charge in [-0.3, -0.25) is 14.1 Å². The lowest BCUT2D eigenvalue weighted by atomic mass is 9.87. The van der Waals surface area contributed by atoms with Gasteiger partial charge in [0.2, 0.25) is 0 Å². The number of hydrogen-bond acceptors (Lipinski definition) is 4. The number of aliphatic carboxylic acids is 1. The highest BCUT2D eigenvalue weighted by atomic mass is 35.5. The van der Waals surface area contributed by atoms with Crippen molar-refractivity contribution in [1.82, 2.24) is 15.2 Å². The van der Waals surface area contributed by atoms with Crippen LogP contribution < -0.4 is 10.1 Å². The number of halogens is 3. The number of aromatic nitrogens is 1. The van der Waals surface area contributed by atoms with Gasteiger partial charge in [0.15, 0.2) is 11.6 Å². The fraction of sp³-hybridized carbons (Fsp3) is 0.444. The van der Waals surface area contributed by atoms with Crippen molar-refractivity contribution in [2.75, 3.05) is 32.9 Å². The van der Waals surface area contributed by atoms with E-state index in [1.165, 1.54) is 6.07 Å². The number of ether oxygens (including phenoxy) is 1. The van der Waals surface area contributed by atoms with E-state index in [4.69, 9.17) is 16.3 Å². The van der Waals surface area contributed by atoms with Crippen molar-refractivity contribution in [3.8, 4) is 5.75 Å². The average molecular weight is 520 g/mol. The van der Waals surface area contributed by atoms with Gasteiger partial charge in [-0.1, -0.05) is 36.7 Å². The van der Waals surface area contributed by atoms with Gasteiger partial charge in [0.05, 0.1) is 18.6 Å². The molecule has 0 saturated carbocycles. The lowest BCUT2D eigenvalue weighted by Gasteiger charge is -2.42. The molecule has 4 rings (SSSR count). The van der Waals surface area contributed by atoms with Crippen LogP contribution in [0.15, 0.2) is 36.4 Å². The van der Waals surface area contributed by atoms with Crippen LogP contribution in [0, 0.1) is 11.7 Å². The molecule has 2 heterocycles. The molecule has 0 spiro atoms. The molecule has 9 heteroatoms. The largest absolute Gasteiger partial charge is 0.489 e. The van der Waals surface area contributed by atoms with Crippen LogP contribution in [0.3, 0.4) is 0 Å². The summed E-state index contributed by atoms with van der Waals surface area (Å²) >= 11 is 6.63. The summed E-state index contributed by atoms with van der Waals surface area (Å²) in [6.45, 7) is 4.70. The molecule has 0 radical (unpaired) electrons. The Kier molecular flexibility index (Phi) is 8.49. The summed E-state index contributed by atoms with van der Waals surface area (Å²) in [7, 11) is 0. The summed E-state index contributed by atoms with van der Waals surface area (Å²) in [5.41, 5.74) is 3.10. The summed E-state index contributed by atoms with van der Waals surface area (Å²) in [5.74, 6) is -2.06. The molecule has 1 aliphatic rings. The third-order valence-electron chi connectivity index (χ3n) is 6.81. The average Bonchev–Trinajstić information content (AvgIpc) is 3.22. The third kappa shape index (κ3) is 5.36. The zero-order valence-electron chi connectivity index (χ0n) is 20.5. The van der Waals surface area contributed by atoms with Crippen LogP contribution >= 0.6 is 11.6 Å². The van der Waals surface area contributed by atoms with Gasteiger partial charge in [-0.15, -0.1) is 0 Å².